The second-order valence-corrected chi connectivity index (χ2v) is 6.89. The van der Waals surface area contributed by atoms with Crippen LogP contribution in [-0.2, 0) is 6.42 Å². The first-order valence-electron chi connectivity index (χ1n) is 9.43. The van der Waals surface area contributed by atoms with Gasteiger partial charge >= 0.3 is 0 Å². The van der Waals surface area contributed by atoms with E-state index in [4.69, 9.17) is 9.62 Å². The molecule has 1 aliphatic carbocycles. The summed E-state index contributed by atoms with van der Waals surface area (Å²) in [6.45, 7) is 0. The maximum atomic E-state index is 12.9. The van der Waals surface area contributed by atoms with Crippen molar-refractivity contribution in [2.24, 2.45) is 5.16 Å². The van der Waals surface area contributed by atoms with Crippen molar-refractivity contribution in [2.75, 3.05) is 10.6 Å². The van der Waals surface area contributed by atoms with E-state index in [2.05, 4.69) is 25.8 Å². The summed E-state index contributed by atoms with van der Waals surface area (Å²) in [5, 5.41) is 19.3. The zero-order valence-electron chi connectivity index (χ0n) is 15.8. The summed E-state index contributed by atoms with van der Waals surface area (Å²) in [5.74, 6) is 0.158. The van der Waals surface area contributed by atoms with E-state index in [0.29, 0.717) is 29.2 Å². The second kappa shape index (κ2) is 7.32. The number of rotatable bonds is 4. The van der Waals surface area contributed by atoms with Crippen LogP contribution in [0.15, 0.2) is 70.6 Å². The number of nitrogens with zero attached hydrogens (tertiary/aromatic N) is 3. The summed E-state index contributed by atoms with van der Waals surface area (Å²) >= 11 is 0. The maximum absolute atomic E-state index is 12.9. The van der Waals surface area contributed by atoms with Gasteiger partial charge in [0.15, 0.2) is 5.58 Å². The van der Waals surface area contributed by atoms with Crippen molar-refractivity contribution < 1.29 is 14.4 Å². The van der Waals surface area contributed by atoms with Gasteiger partial charge in [0.1, 0.15) is 5.82 Å². The number of fused-ring (bicyclic) bond motifs is 2. The number of benzene rings is 1. The number of oxime groups is 1. The molecule has 8 heteroatoms. The van der Waals surface area contributed by atoms with Crippen LogP contribution >= 0.6 is 0 Å². The van der Waals surface area contributed by atoms with Gasteiger partial charge in [0.05, 0.1) is 17.6 Å². The molecular weight excluding hydrogens is 382 g/mol. The highest BCUT2D eigenvalue weighted by Gasteiger charge is 2.23. The molecule has 5 rings (SSSR count). The van der Waals surface area contributed by atoms with Gasteiger partial charge in [0, 0.05) is 29.0 Å². The number of aryl methyl sites for hydroxylation is 1. The predicted octanol–water partition coefficient (Wildman–Crippen LogP) is 4.34. The Morgan fingerprint density at radius 1 is 1.13 bits per heavy atom. The van der Waals surface area contributed by atoms with Gasteiger partial charge in [-0.05, 0) is 48.7 Å². The first kappa shape index (κ1) is 17.9. The SMILES string of the molecule is O=C(Nc1ccccn1)c1oc2cnccc2c1Nc1ccc2c(c1)CC/C2=N\O. The van der Waals surface area contributed by atoms with Gasteiger partial charge in [0.2, 0.25) is 5.76 Å². The van der Waals surface area contributed by atoms with E-state index < -0.39 is 5.91 Å². The molecule has 30 heavy (non-hydrogen) atoms. The Hall–Kier alpha value is -4.20. The topological polar surface area (TPSA) is 113 Å². The molecule has 0 unspecified atom stereocenters. The molecule has 1 aromatic carbocycles. The van der Waals surface area contributed by atoms with Crippen molar-refractivity contribution in [1.29, 1.82) is 0 Å². The second-order valence-electron chi connectivity index (χ2n) is 6.89. The highest BCUT2D eigenvalue weighted by Crippen LogP contribution is 2.34. The maximum Gasteiger partial charge on any atom is 0.294 e. The molecule has 8 nitrogen and oxygen atoms in total. The van der Waals surface area contributed by atoms with E-state index >= 15 is 0 Å². The Morgan fingerprint density at radius 3 is 2.90 bits per heavy atom. The minimum absolute atomic E-state index is 0.141. The van der Waals surface area contributed by atoms with E-state index in [1.807, 2.05) is 18.2 Å². The molecule has 3 heterocycles. The number of carbonyl (C=O) groups is 1. The van der Waals surface area contributed by atoms with Gasteiger partial charge in [-0.3, -0.25) is 9.78 Å². The van der Waals surface area contributed by atoms with Crippen molar-refractivity contribution in [3.05, 3.63) is 77.9 Å². The zero-order chi connectivity index (χ0) is 20.5. The van der Waals surface area contributed by atoms with Crippen LogP contribution in [0.3, 0.4) is 0 Å². The van der Waals surface area contributed by atoms with Crippen molar-refractivity contribution in [2.45, 2.75) is 12.8 Å². The number of hydrogen-bond acceptors (Lipinski definition) is 7. The van der Waals surface area contributed by atoms with Crippen LogP contribution in [0.2, 0.25) is 0 Å². The molecule has 1 aliphatic rings. The lowest BCUT2D eigenvalue weighted by Gasteiger charge is -2.09. The number of hydrogen-bond donors (Lipinski definition) is 3. The summed E-state index contributed by atoms with van der Waals surface area (Å²) in [6, 6.07) is 12.9. The molecular formula is C22H17N5O3. The summed E-state index contributed by atoms with van der Waals surface area (Å²) in [6.07, 6.45) is 6.33. The molecule has 0 atom stereocenters. The van der Waals surface area contributed by atoms with E-state index in [-0.39, 0.29) is 5.76 Å². The van der Waals surface area contributed by atoms with Gasteiger partial charge in [-0.1, -0.05) is 17.3 Å². The van der Waals surface area contributed by atoms with Crippen LogP contribution in [0.4, 0.5) is 17.2 Å². The van der Waals surface area contributed by atoms with Crippen LogP contribution in [0.1, 0.15) is 28.1 Å². The number of aromatic nitrogens is 2. The number of anilines is 3. The first-order valence-corrected chi connectivity index (χ1v) is 9.43. The standard InChI is InChI=1S/C22H17N5O3/c28-22(26-19-3-1-2-9-24-19)21-20(16-8-10-23-12-18(16)30-21)25-14-5-6-15-13(11-14)4-7-17(15)27-29/h1-3,5-6,8-12,25,29H,4,7H2,(H,24,26,28)/b27-17+. The van der Waals surface area contributed by atoms with Crippen molar-refractivity contribution >= 4 is 39.8 Å². The Bertz CT molecular complexity index is 1280. The summed E-state index contributed by atoms with van der Waals surface area (Å²) in [7, 11) is 0. The molecule has 3 N–H and O–H groups in total. The average Bonchev–Trinajstić information content (AvgIpc) is 3.36. The zero-order valence-corrected chi connectivity index (χ0v) is 15.8. The third kappa shape index (κ3) is 3.14. The largest absolute Gasteiger partial charge is 0.447 e. The molecule has 0 spiro atoms. The van der Waals surface area contributed by atoms with Crippen molar-refractivity contribution in [3.63, 3.8) is 0 Å². The molecule has 0 bridgehead atoms. The molecule has 0 radical (unpaired) electrons. The Balaban J connectivity index is 1.52. The van der Waals surface area contributed by atoms with E-state index in [1.165, 1.54) is 0 Å². The van der Waals surface area contributed by atoms with Crippen LogP contribution in [0.25, 0.3) is 11.0 Å². The quantitative estimate of drug-likeness (QED) is 0.347. The van der Waals surface area contributed by atoms with Gasteiger partial charge in [-0.2, -0.15) is 0 Å². The fourth-order valence-electron chi connectivity index (χ4n) is 3.64. The minimum atomic E-state index is -0.414. The normalized spacial score (nSPS) is 14.1. The van der Waals surface area contributed by atoms with Gasteiger partial charge in [0.25, 0.3) is 5.91 Å². The fraction of sp³-hybridized carbons (Fsp3) is 0.0909. The Kier molecular flexibility index (Phi) is 4.36. The van der Waals surface area contributed by atoms with Gasteiger partial charge < -0.3 is 20.3 Å². The minimum Gasteiger partial charge on any atom is -0.447 e. The van der Waals surface area contributed by atoms with Crippen LogP contribution < -0.4 is 10.6 Å². The van der Waals surface area contributed by atoms with Gasteiger partial charge in [-0.15, -0.1) is 0 Å². The summed E-state index contributed by atoms with van der Waals surface area (Å²) in [5.41, 5.74) is 4.57. The molecule has 0 aliphatic heterocycles. The molecule has 0 saturated heterocycles. The van der Waals surface area contributed by atoms with E-state index in [0.717, 1.165) is 28.6 Å². The highest BCUT2D eigenvalue weighted by atomic mass is 16.4. The third-order valence-corrected chi connectivity index (χ3v) is 5.04. The Morgan fingerprint density at radius 2 is 2.07 bits per heavy atom. The molecule has 0 saturated carbocycles. The fourth-order valence-corrected chi connectivity index (χ4v) is 3.64. The average molecular weight is 399 g/mol. The molecule has 0 fully saturated rings. The number of amides is 1. The van der Waals surface area contributed by atoms with Gasteiger partial charge in [-0.25, -0.2) is 4.98 Å². The van der Waals surface area contributed by atoms with Crippen LogP contribution in [0, 0.1) is 0 Å². The lowest BCUT2D eigenvalue weighted by Crippen LogP contribution is -2.13. The van der Waals surface area contributed by atoms with Crippen molar-refractivity contribution in [3.8, 4) is 0 Å². The highest BCUT2D eigenvalue weighted by molar-refractivity contribution is 6.12. The molecule has 148 valence electrons. The number of furan rings is 1. The van der Waals surface area contributed by atoms with E-state index in [1.54, 1.807) is 42.9 Å². The van der Waals surface area contributed by atoms with E-state index in [9.17, 15) is 4.79 Å². The predicted molar refractivity (Wildman–Crippen MR) is 113 cm³/mol. The third-order valence-electron chi connectivity index (χ3n) is 5.04. The van der Waals surface area contributed by atoms with Crippen molar-refractivity contribution in [1.82, 2.24) is 9.97 Å². The monoisotopic (exact) mass is 399 g/mol. The van der Waals surface area contributed by atoms with Crippen LogP contribution in [-0.4, -0.2) is 26.8 Å². The smallest absolute Gasteiger partial charge is 0.294 e. The number of pyridine rings is 2. The summed E-state index contributed by atoms with van der Waals surface area (Å²) in [4.78, 5) is 21.1. The van der Waals surface area contributed by atoms with Crippen LogP contribution in [0.5, 0.6) is 0 Å². The Labute approximate surface area is 171 Å². The lowest BCUT2D eigenvalue weighted by molar-refractivity contribution is 0.0999. The lowest BCUT2D eigenvalue weighted by atomic mass is 10.1. The summed E-state index contributed by atoms with van der Waals surface area (Å²) < 4.78 is 5.82. The first-order chi connectivity index (χ1) is 14.7. The molecule has 3 aromatic heterocycles. The number of nitrogens with one attached hydrogen (secondary N) is 2. The number of carbonyl (C=O) groups excluding carboxylic acids is 1. The molecule has 4 aromatic rings. The molecule has 1 amide bonds.